The van der Waals surface area contributed by atoms with E-state index in [1.54, 1.807) is 38.2 Å². The highest BCUT2D eigenvalue weighted by Gasteiger charge is 2.60. The van der Waals surface area contributed by atoms with Crippen molar-refractivity contribution in [2.24, 2.45) is 58.2 Å². The van der Waals surface area contributed by atoms with E-state index in [9.17, 15) is 30.0 Å². The van der Waals surface area contributed by atoms with E-state index in [0.29, 0.717) is 66.3 Å². The fraction of sp³-hybridized carbons (Fsp3) is 0.774. The minimum atomic E-state index is -0.859. The quantitative estimate of drug-likeness (QED) is 0.0832. The van der Waals surface area contributed by atoms with Gasteiger partial charge in [0.25, 0.3) is 0 Å². The first-order valence-corrected chi connectivity index (χ1v) is 31.4. The third kappa shape index (κ3) is 12.7. The number of hydrogen-bond acceptors (Lipinski definition) is 16. The van der Waals surface area contributed by atoms with Crippen molar-refractivity contribution < 1.29 is 67.8 Å². The van der Waals surface area contributed by atoms with Gasteiger partial charge in [-0.3, -0.25) is 19.3 Å². The Balaban J connectivity index is 0.000000191. The van der Waals surface area contributed by atoms with Crippen molar-refractivity contribution in [3.8, 4) is 11.5 Å². The molecule has 6 aliphatic carbocycles. The number of methoxy groups -OCH3 is 2. The highest BCUT2D eigenvalue weighted by molar-refractivity contribution is 14.1. The number of aliphatic hydroxyl groups excluding tert-OH is 4. The number of ether oxygens (including phenoxy) is 2. The summed E-state index contributed by atoms with van der Waals surface area (Å²) in [7, 11) is 3.05. The van der Waals surface area contributed by atoms with E-state index < -0.39 is 66.7 Å². The number of nitrogens with one attached hydrogen (secondary N) is 2. The normalized spacial score (nSPS) is 35.4. The molecule has 16 atom stereocenters. The molecule has 4 heterocycles. The Bertz CT molecular complexity index is 2580. The molecule has 0 radical (unpaired) electrons. The molecule has 0 aromatic heterocycles. The summed E-state index contributed by atoms with van der Waals surface area (Å²) in [6.45, 7) is 33.3. The van der Waals surface area contributed by atoms with Gasteiger partial charge in [0.15, 0.2) is 0 Å². The van der Waals surface area contributed by atoms with Crippen LogP contribution in [0.5, 0.6) is 11.5 Å². The van der Waals surface area contributed by atoms with Gasteiger partial charge in [-0.25, -0.2) is 0 Å². The molecule has 4 saturated heterocycles. The molecule has 2 aromatic carbocycles. The number of halogens is 1. The van der Waals surface area contributed by atoms with Crippen LogP contribution >= 0.6 is 22.6 Å². The topological polar surface area (TPSA) is 219 Å². The number of amides is 2. The third-order valence-electron chi connectivity index (χ3n) is 22.2. The molecule has 10 fully saturated rings. The van der Waals surface area contributed by atoms with Crippen LogP contribution in [0.4, 0.5) is 0 Å². The lowest BCUT2D eigenvalue weighted by atomic mass is 9.45. The summed E-state index contributed by atoms with van der Waals surface area (Å²) in [6, 6.07) is 10.3. The maximum absolute atomic E-state index is 14.0. The van der Waals surface area contributed by atoms with Crippen LogP contribution in [0.3, 0.4) is 0 Å². The van der Waals surface area contributed by atoms with Gasteiger partial charge in [0.2, 0.25) is 11.8 Å². The predicted molar refractivity (Wildman–Crippen MR) is 327 cm³/mol. The number of fused-ring (bicyclic) bond motifs is 4. The van der Waals surface area contributed by atoms with Crippen LogP contribution in [0.1, 0.15) is 148 Å². The number of nitrogens with zero attached hydrogens (tertiary/aromatic N) is 2. The zero-order chi connectivity index (χ0) is 61.3. The Morgan fingerprint density at radius 1 is 0.651 bits per heavy atom. The molecular weight excluding hydrogens is 1170 g/mol. The monoisotopic (exact) mass is 1270 g/mol. The Morgan fingerprint density at radius 2 is 1.05 bits per heavy atom. The lowest BCUT2D eigenvalue weighted by molar-refractivity contribution is -0.183. The van der Waals surface area contributed by atoms with Gasteiger partial charge in [-0.05, 0) is 170 Å². The number of carbonyl (C=O) groups excluding carboxylic acids is 2. The third-order valence-corrected chi connectivity index (χ3v) is 23.0. The molecule has 12 rings (SSSR count). The van der Waals surface area contributed by atoms with Gasteiger partial charge in [-0.15, -0.1) is 0 Å². The first-order chi connectivity index (χ1) is 38.7. The molecule has 18 nitrogen and oxygen atoms in total. The molecule has 2 aromatic rings. The molecular formula is C62H99B2IN4O14. The van der Waals surface area contributed by atoms with E-state index in [2.05, 4.69) is 74.8 Å². The van der Waals surface area contributed by atoms with Crippen LogP contribution in [0.25, 0.3) is 0 Å². The van der Waals surface area contributed by atoms with Gasteiger partial charge < -0.3 is 59.2 Å². The predicted octanol–water partition coefficient (Wildman–Crippen LogP) is 6.47. The number of benzene rings is 2. The molecule has 2 amide bonds. The zero-order valence-corrected chi connectivity index (χ0v) is 54.9. The Morgan fingerprint density at radius 3 is 1.39 bits per heavy atom. The summed E-state index contributed by atoms with van der Waals surface area (Å²) in [5.74, 6) is 3.09. The van der Waals surface area contributed by atoms with Gasteiger partial charge in [0.1, 0.15) is 35.8 Å². The average molecular weight is 1270 g/mol. The summed E-state index contributed by atoms with van der Waals surface area (Å²) in [6.07, 6.45) is 1.38. The van der Waals surface area contributed by atoms with E-state index in [1.165, 1.54) is 12.8 Å². The van der Waals surface area contributed by atoms with Crippen molar-refractivity contribution in [2.45, 2.75) is 221 Å². The summed E-state index contributed by atoms with van der Waals surface area (Å²) in [5.41, 5.74) is 1.80. The number of rotatable bonds is 15. The van der Waals surface area contributed by atoms with Crippen LogP contribution in [-0.4, -0.2) is 156 Å². The van der Waals surface area contributed by atoms with Gasteiger partial charge in [0.05, 0.1) is 78.7 Å². The molecule has 0 spiro atoms. The highest BCUT2D eigenvalue weighted by atomic mass is 127. The largest absolute Gasteiger partial charge is 0.498 e. The van der Waals surface area contributed by atoms with E-state index in [0.717, 1.165) is 38.8 Å². The van der Waals surface area contributed by atoms with Crippen molar-refractivity contribution in [3.63, 3.8) is 0 Å². The standard InChI is InChI=1S/C31H49BN2O7.C25H37IN2O5.C6H13BO2/c1-17-21-13-20(29(21,3)4)14-23(17)33-28(37)26-25(18(2)36)24(16-35)39-34(26)15-19-11-10-12-22(27(19)38-9)32-40-30(5,6)31(7,8)41-32;1-13-17-9-16(25(17,3)4)10-19(13)27-24(31)22-21(14(2)30)20(12-29)33-28(22)11-15-7-6-8-18(26)23(15)32-5;1-5(2)6(3,4)9-7-8-5/h10-12,17-18,20-21,23-26,35-36H,13-16H2,1-9H3,(H,33,37);6-8,13-14,16-17,19-22,29-30H,9-12H2,1-5H3,(H,27,31);7H,1-4H3/t17-,18-,20+,21-,23-,24-,25+,26-;13-,14-,16+,17-,19-,20-,21+,22-;/m00./s1. The number of carbonyl (C=O) groups is 2. The van der Waals surface area contributed by atoms with E-state index in [-0.39, 0.29) is 54.9 Å². The second-order valence-corrected chi connectivity index (χ2v) is 29.6. The zero-order valence-electron chi connectivity index (χ0n) is 52.8. The second kappa shape index (κ2) is 25.1. The van der Waals surface area contributed by atoms with Crippen LogP contribution in [0, 0.1) is 61.7 Å². The smallest absolute Gasteiger partial charge is 0.497 e. The maximum Gasteiger partial charge on any atom is 0.498 e. The Labute approximate surface area is 509 Å². The van der Waals surface area contributed by atoms with Crippen molar-refractivity contribution in [1.82, 2.24) is 20.8 Å². The van der Waals surface area contributed by atoms with E-state index >= 15 is 0 Å². The van der Waals surface area contributed by atoms with Crippen molar-refractivity contribution in [2.75, 3.05) is 27.4 Å². The maximum atomic E-state index is 14.0. The first kappa shape index (κ1) is 66.3. The van der Waals surface area contributed by atoms with E-state index in [4.69, 9.17) is 37.8 Å². The van der Waals surface area contributed by atoms with Crippen molar-refractivity contribution in [1.29, 1.82) is 0 Å². The molecule has 6 saturated carbocycles. The fourth-order valence-electron chi connectivity index (χ4n) is 15.0. The molecule has 10 aliphatic rings. The summed E-state index contributed by atoms with van der Waals surface area (Å²) < 4.78 is 35.7. The van der Waals surface area contributed by atoms with Crippen LogP contribution in [0.2, 0.25) is 0 Å². The molecule has 0 unspecified atom stereocenters. The van der Waals surface area contributed by atoms with Crippen LogP contribution < -0.4 is 25.6 Å². The first-order valence-electron chi connectivity index (χ1n) is 30.3. The molecule has 4 aliphatic heterocycles. The minimum absolute atomic E-state index is 0.0742. The SMILES string of the molecule is CC1(C)OBOC1(C)C.COc1c(CN2O[C@@H](CO)[C@@H]([C@H](C)O)[C@H]2C(=O)N[C@H]2C[C@H]3C[C@@H]([C@@H]2C)C3(C)C)cccc1B1OC(C)(C)C(C)(C)O1.COc1c(I)cccc1CN1O[C@@H](CO)[C@@H]([C@H](C)O)[C@H]1C(=O)N[C@H]1C[C@H]2C[C@@H]([C@@H]1C)C2(C)C. The summed E-state index contributed by atoms with van der Waals surface area (Å²) in [5, 5.41) is 51.3. The Kier molecular flexibility index (Phi) is 20.0. The van der Waals surface area contributed by atoms with Crippen molar-refractivity contribution >= 4 is 54.7 Å². The fourth-order valence-corrected chi connectivity index (χ4v) is 15.8. The van der Waals surface area contributed by atoms with Crippen molar-refractivity contribution in [3.05, 3.63) is 51.1 Å². The average Bonchev–Trinajstić information content (AvgIpc) is 4.19. The number of hydrogen-bond donors (Lipinski definition) is 6. The highest BCUT2D eigenvalue weighted by Crippen LogP contribution is 2.62. The lowest BCUT2D eigenvalue weighted by Crippen LogP contribution is -2.62. The molecule has 21 heteroatoms. The van der Waals surface area contributed by atoms with Gasteiger partial charge in [0, 0.05) is 40.5 Å². The van der Waals surface area contributed by atoms with Gasteiger partial charge in [-0.2, -0.15) is 10.1 Å². The van der Waals surface area contributed by atoms with Gasteiger partial charge in [-0.1, -0.05) is 71.9 Å². The van der Waals surface area contributed by atoms with E-state index in [1.807, 2.05) is 91.8 Å². The van der Waals surface area contributed by atoms with Crippen LogP contribution in [-0.2, 0) is 51.0 Å². The lowest BCUT2D eigenvalue weighted by Gasteiger charge is -2.62. The number of para-hydroxylation sites is 2. The molecule has 83 heavy (non-hydrogen) atoms. The summed E-state index contributed by atoms with van der Waals surface area (Å²) in [4.78, 5) is 39.9. The minimum Gasteiger partial charge on any atom is -0.497 e. The van der Waals surface area contributed by atoms with Gasteiger partial charge >= 0.3 is 14.8 Å². The molecule has 4 bridgehead atoms. The Hall–Kier alpha value is -2.64. The molecule has 464 valence electrons. The number of aliphatic hydroxyl groups is 4. The second-order valence-electron chi connectivity index (χ2n) is 28.5. The molecule has 6 N–H and O–H groups in total. The summed E-state index contributed by atoms with van der Waals surface area (Å²) >= 11 is 2.22. The van der Waals surface area contributed by atoms with Crippen LogP contribution in [0.15, 0.2) is 36.4 Å². The number of hydroxylamine groups is 4.